The number of carbonyl (C=O) groups excluding carboxylic acids is 3. The van der Waals surface area contributed by atoms with Crippen LogP contribution in [-0.2, 0) is 9.53 Å². The lowest BCUT2D eigenvalue weighted by Crippen LogP contribution is -2.21. The Hall–Kier alpha value is -2.86. The summed E-state index contributed by atoms with van der Waals surface area (Å²) in [7, 11) is 1.24. The molecule has 0 saturated carbocycles. The number of rotatable bonds is 6. The average molecular weight is 362 g/mol. The fourth-order valence-electron chi connectivity index (χ4n) is 2.03. The van der Waals surface area contributed by atoms with Crippen LogP contribution in [-0.4, -0.2) is 31.4 Å². The van der Waals surface area contributed by atoms with Crippen molar-refractivity contribution in [2.75, 3.05) is 19.0 Å². The summed E-state index contributed by atoms with van der Waals surface area (Å²) in [4.78, 5) is 35.0. The number of hydrogen-bond donors (Lipinski definition) is 1. The molecule has 0 unspecified atom stereocenters. The number of ether oxygens (including phenoxy) is 2. The van der Waals surface area contributed by atoms with Gasteiger partial charge in [0.1, 0.15) is 5.75 Å². The van der Waals surface area contributed by atoms with Crippen molar-refractivity contribution < 1.29 is 23.9 Å². The second-order valence-electron chi connectivity index (χ2n) is 5.10. The number of esters is 1. The van der Waals surface area contributed by atoms with E-state index in [2.05, 4.69) is 10.1 Å². The highest BCUT2D eigenvalue weighted by molar-refractivity contribution is 6.31. The SMILES string of the molecule is COC(=O)c1cc(Cl)ccc1NC(=O)COc1ccc(C(C)=O)cc1. The van der Waals surface area contributed by atoms with Crippen molar-refractivity contribution in [3.63, 3.8) is 0 Å². The van der Waals surface area contributed by atoms with Gasteiger partial charge in [-0.1, -0.05) is 11.6 Å². The van der Waals surface area contributed by atoms with E-state index in [1.54, 1.807) is 30.3 Å². The molecule has 1 N–H and O–H groups in total. The Kier molecular flexibility index (Phi) is 6.14. The molecule has 0 spiro atoms. The zero-order valence-corrected chi connectivity index (χ0v) is 14.4. The molecule has 0 aliphatic rings. The molecule has 2 rings (SSSR count). The van der Waals surface area contributed by atoms with Gasteiger partial charge in [-0.2, -0.15) is 0 Å². The molecule has 130 valence electrons. The Morgan fingerprint density at radius 3 is 2.36 bits per heavy atom. The first kappa shape index (κ1) is 18.5. The summed E-state index contributed by atoms with van der Waals surface area (Å²) < 4.78 is 10.0. The average Bonchev–Trinajstić information content (AvgIpc) is 2.61. The fourth-order valence-corrected chi connectivity index (χ4v) is 2.20. The maximum atomic E-state index is 12.0. The first-order valence-electron chi connectivity index (χ1n) is 7.32. The third-order valence-electron chi connectivity index (χ3n) is 3.29. The molecule has 0 fully saturated rings. The van der Waals surface area contributed by atoms with Gasteiger partial charge in [0.25, 0.3) is 5.91 Å². The predicted octanol–water partition coefficient (Wildman–Crippen LogP) is 3.35. The summed E-state index contributed by atoms with van der Waals surface area (Å²) in [6, 6.07) is 10.9. The maximum Gasteiger partial charge on any atom is 0.340 e. The second kappa shape index (κ2) is 8.30. The number of amides is 1. The Labute approximate surface area is 149 Å². The van der Waals surface area contributed by atoms with Gasteiger partial charge in [-0.15, -0.1) is 0 Å². The van der Waals surface area contributed by atoms with Crippen molar-refractivity contribution in [3.8, 4) is 5.75 Å². The molecule has 0 atom stereocenters. The Morgan fingerprint density at radius 1 is 1.08 bits per heavy atom. The lowest BCUT2D eigenvalue weighted by atomic mass is 10.1. The third-order valence-corrected chi connectivity index (χ3v) is 3.53. The number of ketones is 1. The quantitative estimate of drug-likeness (QED) is 0.630. The van der Waals surface area contributed by atoms with Crippen LogP contribution < -0.4 is 10.1 Å². The van der Waals surface area contributed by atoms with E-state index >= 15 is 0 Å². The van der Waals surface area contributed by atoms with Crippen LogP contribution in [0.5, 0.6) is 5.75 Å². The number of anilines is 1. The zero-order valence-electron chi connectivity index (χ0n) is 13.7. The van der Waals surface area contributed by atoms with Crippen molar-refractivity contribution in [3.05, 3.63) is 58.6 Å². The van der Waals surface area contributed by atoms with E-state index in [-0.39, 0.29) is 23.6 Å². The van der Waals surface area contributed by atoms with Crippen LogP contribution in [0, 0.1) is 0 Å². The first-order valence-corrected chi connectivity index (χ1v) is 7.70. The molecule has 0 aliphatic heterocycles. The van der Waals surface area contributed by atoms with Crippen LogP contribution in [0.25, 0.3) is 0 Å². The van der Waals surface area contributed by atoms with Gasteiger partial charge < -0.3 is 14.8 Å². The molecule has 2 aromatic carbocycles. The minimum atomic E-state index is -0.612. The first-order chi connectivity index (χ1) is 11.9. The molecular formula is C18H16ClNO5. The van der Waals surface area contributed by atoms with E-state index in [9.17, 15) is 14.4 Å². The van der Waals surface area contributed by atoms with E-state index in [1.807, 2.05) is 0 Å². The molecular weight excluding hydrogens is 346 g/mol. The number of nitrogens with one attached hydrogen (secondary N) is 1. The van der Waals surface area contributed by atoms with Gasteiger partial charge in [-0.05, 0) is 49.4 Å². The van der Waals surface area contributed by atoms with E-state index in [4.69, 9.17) is 16.3 Å². The molecule has 6 nitrogen and oxygen atoms in total. The summed E-state index contributed by atoms with van der Waals surface area (Å²) in [6.45, 7) is 1.21. The van der Waals surface area contributed by atoms with Gasteiger partial charge in [0.2, 0.25) is 0 Å². The maximum absolute atomic E-state index is 12.0. The van der Waals surface area contributed by atoms with Crippen LogP contribution >= 0.6 is 11.6 Å². The van der Waals surface area contributed by atoms with E-state index in [1.165, 1.54) is 26.2 Å². The van der Waals surface area contributed by atoms with Gasteiger partial charge in [0.15, 0.2) is 12.4 Å². The largest absolute Gasteiger partial charge is 0.484 e. The highest BCUT2D eigenvalue weighted by atomic mass is 35.5. The van der Waals surface area contributed by atoms with Gasteiger partial charge in [0.05, 0.1) is 18.4 Å². The van der Waals surface area contributed by atoms with Crippen LogP contribution in [0.2, 0.25) is 5.02 Å². The van der Waals surface area contributed by atoms with Gasteiger partial charge in [-0.3, -0.25) is 9.59 Å². The molecule has 7 heteroatoms. The van der Waals surface area contributed by atoms with Crippen LogP contribution in [0.15, 0.2) is 42.5 Å². The lowest BCUT2D eigenvalue weighted by molar-refractivity contribution is -0.118. The number of carbonyl (C=O) groups is 3. The normalized spacial score (nSPS) is 10.0. The van der Waals surface area contributed by atoms with E-state index in [0.717, 1.165) is 0 Å². The molecule has 0 aliphatic carbocycles. The summed E-state index contributed by atoms with van der Waals surface area (Å²) in [5.41, 5.74) is 0.978. The topological polar surface area (TPSA) is 81.7 Å². The number of Topliss-reactive ketones (excluding diaryl/α,β-unsaturated/α-hetero) is 1. The highest BCUT2D eigenvalue weighted by Gasteiger charge is 2.15. The Morgan fingerprint density at radius 2 is 1.76 bits per heavy atom. The molecule has 1 amide bonds. The monoisotopic (exact) mass is 361 g/mol. The third kappa shape index (κ3) is 5.06. The molecule has 25 heavy (non-hydrogen) atoms. The minimum Gasteiger partial charge on any atom is -0.484 e. The van der Waals surface area contributed by atoms with E-state index < -0.39 is 11.9 Å². The van der Waals surface area contributed by atoms with Crippen LogP contribution in [0.4, 0.5) is 5.69 Å². The van der Waals surface area contributed by atoms with Crippen molar-refractivity contribution in [2.24, 2.45) is 0 Å². The van der Waals surface area contributed by atoms with E-state index in [0.29, 0.717) is 16.3 Å². The number of benzene rings is 2. The van der Waals surface area contributed by atoms with Gasteiger partial charge >= 0.3 is 5.97 Å². The molecule has 0 aromatic heterocycles. The molecule has 2 aromatic rings. The predicted molar refractivity (Wildman–Crippen MR) is 93.4 cm³/mol. The Bertz CT molecular complexity index is 802. The van der Waals surface area contributed by atoms with Crippen LogP contribution in [0.1, 0.15) is 27.6 Å². The molecule has 0 heterocycles. The fraction of sp³-hybridized carbons (Fsp3) is 0.167. The molecule has 0 radical (unpaired) electrons. The summed E-state index contributed by atoms with van der Waals surface area (Å²) in [5.74, 6) is -0.673. The van der Waals surface area contributed by atoms with Crippen molar-refractivity contribution >= 4 is 34.9 Å². The molecule has 0 saturated heterocycles. The standard InChI is InChI=1S/C18H16ClNO5/c1-11(21)12-3-6-14(7-4-12)25-10-17(22)20-16-8-5-13(19)9-15(16)18(23)24-2/h3-9H,10H2,1-2H3,(H,20,22). The zero-order chi connectivity index (χ0) is 18.4. The summed E-state index contributed by atoms with van der Waals surface area (Å²) >= 11 is 5.86. The van der Waals surface area contributed by atoms with Crippen LogP contribution in [0.3, 0.4) is 0 Å². The lowest BCUT2D eigenvalue weighted by Gasteiger charge is -2.11. The minimum absolute atomic E-state index is 0.0534. The van der Waals surface area contributed by atoms with Crippen molar-refractivity contribution in [2.45, 2.75) is 6.92 Å². The second-order valence-corrected chi connectivity index (χ2v) is 5.54. The van der Waals surface area contributed by atoms with Gasteiger partial charge in [-0.25, -0.2) is 4.79 Å². The Balaban J connectivity index is 2.01. The number of halogens is 1. The highest BCUT2D eigenvalue weighted by Crippen LogP contribution is 2.21. The van der Waals surface area contributed by atoms with Crippen molar-refractivity contribution in [1.29, 1.82) is 0 Å². The smallest absolute Gasteiger partial charge is 0.340 e. The van der Waals surface area contributed by atoms with Gasteiger partial charge in [0, 0.05) is 10.6 Å². The molecule has 0 bridgehead atoms. The van der Waals surface area contributed by atoms with Crippen molar-refractivity contribution in [1.82, 2.24) is 0 Å². The number of hydrogen-bond acceptors (Lipinski definition) is 5. The summed E-state index contributed by atoms with van der Waals surface area (Å²) in [6.07, 6.45) is 0. The number of methoxy groups -OCH3 is 1. The summed E-state index contributed by atoms with van der Waals surface area (Å²) in [5, 5.41) is 2.92.